The summed E-state index contributed by atoms with van der Waals surface area (Å²) in [5.74, 6) is 0. The van der Waals surface area contributed by atoms with Crippen molar-refractivity contribution in [3.05, 3.63) is 6.07 Å². The highest BCUT2D eigenvalue weighted by Gasteiger charge is 2.12. The van der Waals surface area contributed by atoms with Crippen LogP contribution in [-0.2, 0) is 0 Å². The van der Waals surface area contributed by atoms with Crippen LogP contribution in [-0.4, -0.2) is 38.1 Å². The second-order valence-corrected chi connectivity index (χ2v) is 7.59. The van der Waals surface area contributed by atoms with E-state index in [1.165, 1.54) is 15.3 Å². The van der Waals surface area contributed by atoms with E-state index in [0.717, 1.165) is 38.1 Å². The van der Waals surface area contributed by atoms with Crippen molar-refractivity contribution in [1.29, 1.82) is 0 Å². The van der Waals surface area contributed by atoms with Gasteiger partial charge in [0.2, 0.25) is 0 Å². The largest absolute Gasteiger partial charge is 0.144 e. The fourth-order valence-corrected chi connectivity index (χ4v) is 7.78. The fourth-order valence-electron chi connectivity index (χ4n) is 1.63. The standard InChI is InChI=1S/C10H14SSi4/c1-12-7-5-6(11)8(13-2)10(15-4)9(7)14-3/h5,11H,1-4H3. The Kier molecular flexibility index (Phi) is 5.62. The first-order valence-corrected chi connectivity index (χ1v) is 11.2. The Balaban J connectivity index is 3.44. The predicted molar refractivity (Wildman–Crippen MR) is 78.7 cm³/mol. The van der Waals surface area contributed by atoms with E-state index in [9.17, 15) is 0 Å². The molecule has 76 valence electrons. The Morgan fingerprint density at radius 1 is 0.800 bits per heavy atom. The van der Waals surface area contributed by atoms with Crippen LogP contribution in [0.4, 0.5) is 0 Å². The topological polar surface area (TPSA) is 0 Å². The van der Waals surface area contributed by atoms with Gasteiger partial charge in [0, 0.05) is 4.90 Å². The predicted octanol–water partition coefficient (Wildman–Crippen LogP) is -0.514. The molecule has 0 spiro atoms. The maximum atomic E-state index is 4.63. The van der Waals surface area contributed by atoms with Crippen LogP contribution < -0.4 is 20.7 Å². The van der Waals surface area contributed by atoms with Gasteiger partial charge in [-0.1, -0.05) is 53.0 Å². The van der Waals surface area contributed by atoms with Crippen LogP contribution in [0.5, 0.6) is 0 Å². The minimum Gasteiger partial charge on any atom is -0.144 e. The molecule has 5 heteroatoms. The van der Waals surface area contributed by atoms with Gasteiger partial charge in [0.15, 0.2) is 0 Å². The lowest BCUT2D eigenvalue weighted by Crippen LogP contribution is -2.54. The molecule has 15 heavy (non-hydrogen) atoms. The molecular weight excluding hydrogens is 265 g/mol. The van der Waals surface area contributed by atoms with Gasteiger partial charge in [0.1, 0.15) is 0 Å². The van der Waals surface area contributed by atoms with Crippen molar-refractivity contribution in [3.63, 3.8) is 0 Å². The van der Waals surface area contributed by atoms with E-state index in [0.29, 0.717) is 0 Å². The number of rotatable bonds is 4. The second-order valence-electron chi connectivity index (χ2n) is 3.07. The van der Waals surface area contributed by atoms with Crippen molar-refractivity contribution in [2.45, 2.75) is 31.1 Å². The van der Waals surface area contributed by atoms with E-state index < -0.39 is 0 Å². The Labute approximate surface area is 108 Å². The Bertz CT molecular complexity index is 352. The van der Waals surface area contributed by atoms with E-state index in [-0.39, 0.29) is 0 Å². The molecule has 0 nitrogen and oxygen atoms in total. The molecule has 0 atom stereocenters. The highest BCUT2D eigenvalue weighted by molar-refractivity contribution is 7.80. The van der Waals surface area contributed by atoms with Gasteiger partial charge in [-0.05, 0) is 0 Å². The van der Waals surface area contributed by atoms with Crippen LogP contribution in [0.3, 0.4) is 0 Å². The highest BCUT2D eigenvalue weighted by Crippen LogP contribution is 1.96. The molecular formula is C10H14SSi4. The van der Waals surface area contributed by atoms with Gasteiger partial charge in [-0.3, -0.25) is 0 Å². The molecule has 0 fully saturated rings. The number of thiol groups is 1. The third kappa shape index (κ3) is 2.76. The van der Waals surface area contributed by atoms with E-state index >= 15 is 0 Å². The molecule has 0 N–H and O–H groups in total. The Morgan fingerprint density at radius 3 is 1.73 bits per heavy atom. The molecule has 0 aliphatic rings. The van der Waals surface area contributed by atoms with Gasteiger partial charge < -0.3 is 0 Å². The van der Waals surface area contributed by atoms with Crippen LogP contribution in [0, 0.1) is 0 Å². The second kappa shape index (κ2) is 6.24. The van der Waals surface area contributed by atoms with Gasteiger partial charge in [0.05, 0.1) is 38.1 Å². The molecule has 0 heterocycles. The Hall–Kier alpha value is 0.438. The molecule has 1 aromatic rings. The summed E-state index contributed by atoms with van der Waals surface area (Å²) in [7, 11) is 3.59. The summed E-state index contributed by atoms with van der Waals surface area (Å²) in [6, 6.07) is 2.29. The van der Waals surface area contributed by atoms with Crippen LogP contribution in [0.25, 0.3) is 0 Å². The van der Waals surface area contributed by atoms with Gasteiger partial charge in [-0.2, -0.15) is 0 Å². The first kappa shape index (κ1) is 13.5. The zero-order chi connectivity index (χ0) is 11.4. The van der Waals surface area contributed by atoms with Crippen molar-refractivity contribution in [1.82, 2.24) is 0 Å². The van der Waals surface area contributed by atoms with Gasteiger partial charge in [0.25, 0.3) is 0 Å². The third-order valence-electron chi connectivity index (χ3n) is 2.33. The van der Waals surface area contributed by atoms with Crippen molar-refractivity contribution >= 4 is 71.5 Å². The summed E-state index contributed by atoms with van der Waals surface area (Å²) < 4.78 is 0. The maximum Gasteiger partial charge on any atom is 0.0786 e. The summed E-state index contributed by atoms with van der Waals surface area (Å²) >= 11 is 4.63. The number of benzene rings is 1. The zero-order valence-electron chi connectivity index (χ0n) is 9.52. The zero-order valence-corrected chi connectivity index (χ0v) is 14.4. The first-order chi connectivity index (χ1) is 7.19. The molecule has 0 aliphatic carbocycles. The van der Waals surface area contributed by atoms with Crippen LogP contribution in [0.15, 0.2) is 11.0 Å². The number of hydrogen-bond donors (Lipinski definition) is 1. The minimum absolute atomic E-state index is 0.870. The van der Waals surface area contributed by atoms with E-state index in [2.05, 4.69) is 44.9 Å². The monoisotopic (exact) mass is 278 g/mol. The molecule has 0 aromatic heterocycles. The van der Waals surface area contributed by atoms with Gasteiger partial charge in [-0.25, -0.2) is 0 Å². The highest BCUT2D eigenvalue weighted by atomic mass is 32.1. The average molecular weight is 279 g/mol. The smallest absolute Gasteiger partial charge is 0.0786 e. The molecule has 0 amide bonds. The van der Waals surface area contributed by atoms with Crippen molar-refractivity contribution in [2.75, 3.05) is 0 Å². The van der Waals surface area contributed by atoms with Crippen molar-refractivity contribution in [3.8, 4) is 0 Å². The molecule has 1 rings (SSSR count). The normalized spacial score (nSPS) is 10.7. The van der Waals surface area contributed by atoms with Gasteiger partial charge >= 0.3 is 0 Å². The molecule has 1 aromatic carbocycles. The average Bonchev–Trinajstić information content (AvgIpc) is 2.27. The van der Waals surface area contributed by atoms with Crippen LogP contribution >= 0.6 is 12.6 Å². The third-order valence-corrected chi connectivity index (χ3v) is 7.61. The number of hydrogen-bond acceptors (Lipinski definition) is 1. The summed E-state index contributed by atoms with van der Waals surface area (Å²) in [5.41, 5.74) is 0. The SMILES string of the molecule is C[Si]c1cc(S)c([Si]C)c([Si]C)c1[Si]C. The van der Waals surface area contributed by atoms with Crippen LogP contribution in [0.2, 0.25) is 26.2 Å². The molecule has 0 saturated heterocycles. The van der Waals surface area contributed by atoms with E-state index in [1.54, 1.807) is 10.4 Å². The summed E-state index contributed by atoms with van der Waals surface area (Å²) in [4.78, 5) is 1.21. The van der Waals surface area contributed by atoms with Crippen LogP contribution in [0.1, 0.15) is 0 Å². The lowest BCUT2D eigenvalue weighted by atomic mass is 10.3. The molecule has 0 aliphatic heterocycles. The summed E-state index contributed by atoms with van der Waals surface area (Å²) in [6.07, 6.45) is 0. The molecule has 0 bridgehead atoms. The molecule has 8 radical (unpaired) electrons. The van der Waals surface area contributed by atoms with E-state index in [4.69, 9.17) is 0 Å². The van der Waals surface area contributed by atoms with Crippen molar-refractivity contribution < 1.29 is 0 Å². The van der Waals surface area contributed by atoms with Gasteiger partial charge in [-0.15, -0.1) is 12.6 Å². The molecule has 0 unspecified atom stereocenters. The minimum atomic E-state index is 0.870. The molecule has 0 saturated carbocycles. The maximum absolute atomic E-state index is 4.63. The first-order valence-electron chi connectivity index (χ1n) is 4.80. The quantitative estimate of drug-likeness (QED) is 0.556. The summed E-state index contributed by atoms with van der Waals surface area (Å²) in [5, 5.41) is 6.27. The lowest BCUT2D eigenvalue weighted by molar-refractivity contribution is 1.60. The Morgan fingerprint density at radius 2 is 1.33 bits per heavy atom. The fraction of sp³-hybridized carbons (Fsp3) is 0.400. The van der Waals surface area contributed by atoms with Crippen molar-refractivity contribution in [2.24, 2.45) is 0 Å². The van der Waals surface area contributed by atoms with E-state index in [1.807, 2.05) is 0 Å². The summed E-state index contributed by atoms with van der Waals surface area (Å²) in [6.45, 7) is 9.11. The lowest BCUT2D eigenvalue weighted by Gasteiger charge is -2.17.